The number of halogens is 1. The zero-order valence-corrected chi connectivity index (χ0v) is 18.3. The highest BCUT2D eigenvalue weighted by atomic mass is 19.1. The molecule has 30 heavy (non-hydrogen) atoms. The van der Waals surface area contributed by atoms with Crippen molar-refractivity contribution in [3.8, 4) is 0 Å². The third kappa shape index (κ3) is 4.02. The molecule has 0 bridgehead atoms. The molecule has 0 aliphatic carbocycles. The predicted octanol–water partition coefficient (Wildman–Crippen LogP) is 5.17. The Morgan fingerprint density at radius 3 is 2.57 bits per heavy atom. The zero-order valence-electron chi connectivity index (χ0n) is 18.3. The minimum Gasteiger partial charge on any atom is -0.244 e. The van der Waals surface area contributed by atoms with Gasteiger partial charge in [0.25, 0.3) is 6.33 Å². The van der Waals surface area contributed by atoms with Crippen LogP contribution in [0.25, 0.3) is 21.8 Å². The van der Waals surface area contributed by atoms with Gasteiger partial charge in [-0.3, -0.25) is 0 Å². The summed E-state index contributed by atoms with van der Waals surface area (Å²) in [6.45, 7) is 11.8. The van der Waals surface area contributed by atoms with Crippen LogP contribution >= 0.6 is 0 Å². The van der Waals surface area contributed by atoms with Crippen molar-refractivity contribution in [1.82, 2.24) is 15.0 Å². The van der Waals surface area contributed by atoms with E-state index in [1.165, 1.54) is 11.6 Å². The van der Waals surface area contributed by atoms with E-state index in [9.17, 15) is 4.39 Å². The molecule has 2 aromatic heterocycles. The number of aromatic nitrogens is 4. The Bertz CT molecular complexity index is 1220. The Balaban J connectivity index is 1.71. The second-order valence-electron chi connectivity index (χ2n) is 9.86. The summed E-state index contributed by atoms with van der Waals surface area (Å²) >= 11 is 0. The molecule has 0 aliphatic rings. The van der Waals surface area contributed by atoms with E-state index in [4.69, 9.17) is 0 Å². The fraction of sp³-hybridized carbons (Fsp3) is 0.360. The fourth-order valence-corrected chi connectivity index (χ4v) is 4.35. The maximum Gasteiger partial charge on any atom is 0.287 e. The van der Waals surface area contributed by atoms with Crippen molar-refractivity contribution >= 4 is 21.8 Å². The Labute approximate surface area is 176 Å². The van der Waals surface area contributed by atoms with Crippen molar-refractivity contribution in [2.45, 2.75) is 53.0 Å². The lowest BCUT2D eigenvalue weighted by atomic mass is 9.83. The molecule has 5 heteroatoms. The standard InChI is InChI=1S/C25H28FN4/c1-24(2,3)23-19-7-6-8-20(26)22(19)29-16-30(23)14-25(4,5)12-17-9-10-21-18(11-17)13-27-15-28-21/h6-11,13,15-16H,12,14H2,1-5H3/q+1. The van der Waals surface area contributed by atoms with E-state index in [1.54, 1.807) is 18.7 Å². The van der Waals surface area contributed by atoms with Gasteiger partial charge in [0.1, 0.15) is 12.0 Å². The number of nitrogens with zero attached hydrogens (tertiary/aromatic N) is 4. The number of hydrogen-bond donors (Lipinski definition) is 0. The molecule has 0 saturated carbocycles. The molecule has 0 unspecified atom stereocenters. The van der Waals surface area contributed by atoms with Gasteiger partial charge in [0.2, 0.25) is 5.52 Å². The second-order valence-corrected chi connectivity index (χ2v) is 9.86. The van der Waals surface area contributed by atoms with Crippen LogP contribution in [0.2, 0.25) is 0 Å². The minimum absolute atomic E-state index is 0.0311. The summed E-state index contributed by atoms with van der Waals surface area (Å²) in [5, 5.41) is 1.93. The van der Waals surface area contributed by atoms with E-state index in [2.05, 4.69) is 72.3 Å². The molecule has 0 amide bonds. The van der Waals surface area contributed by atoms with E-state index < -0.39 is 0 Å². The summed E-state index contributed by atoms with van der Waals surface area (Å²) in [5.41, 5.74) is 3.57. The molecule has 0 fully saturated rings. The van der Waals surface area contributed by atoms with Gasteiger partial charge in [-0.05, 0) is 41.2 Å². The molecule has 0 spiro atoms. The molecule has 0 saturated heterocycles. The summed E-state index contributed by atoms with van der Waals surface area (Å²) in [5.74, 6) is -0.275. The quantitative estimate of drug-likeness (QED) is 0.442. The van der Waals surface area contributed by atoms with Crippen molar-refractivity contribution < 1.29 is 8.96 Å². The highest BCUT2D eigenvalue weighted by molar-refractivity contribution is 5.81. The Kier molecular flexibility index (Phi) is 5.00. The lowest BCUT2D eigenvalue weighted by molar-refractivity contribution is -0.719. The zero-order chi connectivity index (χ0) is 21.5. The Morgan fingerprint density at radius 2 is 1.80 bits per heavy atom. The van der Waals surface area contributed by atoms with Gasteiger partial charge in [-0.1, -0.05) is 46.8 Å². The molecule has 2 aromatic carbocycles. The average Bonchev–Trinajstić information content (AvgIpc) is 2.66. The highest BCUT2D eigenvalue weighted by Gasteiger charge is 2.31. The summed E-state index contributed by atoms with van der Waals surface area (Å²) in [6, 6.07) is 11.6. The first-order chi connectivity index (χ1) is 14.1. The summed E-state index contributed by atoms with van der Waals surface area (Å²) < 4.78 is 16.6. The number of fused-ring (bicyclic) bond motifs is 2. The summed E-state index contributed by atoms with van der Waals surface area (Å²) in [4.78, 5) is 12.9. The first kappa shape index (κ1) is 20.3. The van der Waals surface area contributed by atoms with Crippen LogP contribution < -0.4 is 4.57 Å². The van der Waals surface area contributed by atoms with Crippen LogP contribution in [0.15, 0.2) is 55.2 Å². The monoisotopic (exact) mass is 403 g/mol. The maximum atomic E-state index is 14.4. The number of benzene rings is 2. The van der Waals surface area contributed by atoms with Crippen LogP contribution in [-0.4, -0.2) is 15.0 Å². The molecule has 4 aromatic rings. The SMILES string of the molecule is CC(C)(Cc1ccc2ncncc2c1)C[n+]1cnc2c(F)cccc2c1C(C)(C)C. The number of para-hydroxylation sites is 1. The molecule has 154 valence electrons. The average molecular weight is 404 g/mol. The molecular formula is C25H28FN4+. The van der Waals surface area contributed by atoms with Gasteiger partial charge >= 0.3 is 0 Å². The third-order valence-corrected chi connectivity index (χ3v) is 5.42. The van der Waals surface area contributed by atoms with Crippen molar-refractivity contribution in [2.75, 3.05) is 0 Å². The second kappa shape index (κ2) is 7.38. The third-order valence-electron chi connectivity index (χ3n) is 5.42. The van der Waals surface area contributed by atoms with Gasteiger partial charge in [0.15, 0.2) is 5.82 Å². The van der Waals surface area contributed by atoms with Gasteiger partial charge in [-0.2, -0.15) is 0 Å². The molecule has 0 atom stereocenters. The Morgan fingerprint density at radius 1 is 1.00 bits per heavy atom. The topological polar surface area (TPSA) is 42.5 Å². The van der Waals surface area contributed by atoms with Crippen molar-refractivity contribution in [2.24, 2.45) is 5.41 Å². The lowest BCUT2D eigenvalue weighted by Gasteiger charge is -2.27. The fourth-order valence-electron chi connectivity index (χ4n) is 4.35. The van der Waals surface area contributed by atoms with Crippen LogP contribution in [0.4, 0.5) is 4.39 Å². The van der Waals surface area contributed by atoms with E-state index in [1.807, 2.05) is 12.3 Å². The van der Waals surface area contributed by atoms with E-state index in [0.29, 0.717) is 5.52 Å². The molecule has 4 nitrogen and oxygen atoms in total. The molecule has 0 N–H and O–H groups in total. The summed E-state index contributed by atoms with van der Waals surface area (Å²) in [7, 11) is 0. The largest absolute Gasteiger partial charge is 0.287 e. The normalized spacial score (nSPS) is 12.6. The Hall–Kier alpha value is -2.95. The van der Waals surface area contributed by atoms with Crippen LogP contribution in [0.1, 0.15) is 45.9 Å². The van der Waals surface area contributed by atoms with E-state index in [-0.39, 0.29) is 16.6 Å². The van der Waals surface area contributed by atoms with E-state index >= 15 is 0 Å². The molecular weight excluding hydrogens is 375 g/mol. The van der Waals surface area contributed by atoms with Crippen LogP contribution in [0, 0.1) is 11.2 Å². The maximum absolute atomic E-state index is 14.4. The van der Waals surface area contributed by atoms with Crippen molar-refractivity contribution in [3.05, 3.63) is 72.3 Å². The number of hydrogen-bond acceptors (Lipinski definition) is 3. The molecule has 0 radical (unpaired) electrons. The van der Waals surface area contributed by atoms with E-state index in [0.717, 1.165) is 34.9 Å². The minimum atomic E-state index is -0.275. The number of rotatable bonds is 4. The van der Waals surface area contributed by atoms with Gasteiger partial charge in [0, 0.05) is 22.4 Å². The smallest absolute Gasteiger partial charge is 0.244 e. The first-order valence-corrected chi connectivity index (χ1v) is 10.3. The van der Waals surface area contributed by atoms with Gasteiger partial charge in [-0.25, -0.2) is 18.9 Å². The predicted molar refractivity (Wildman–Crippen MR) is 118 cm³/mol. The lowest BCUT2D eigenvalue weighted by Crippen LogP contribution is -2.49. The van der Waals surface area contributed by atoms with Crippen molar-refractivity contribution in [1.29, 1.82) is 0 Å². The van der Waals surface area contributed by atoms with Gasteiger partial charge < -0.3 is 0 Å². The molecule has 2 heterocycles. The molecule has 4 rings (SSSR count). The molecule has 0 aliphatic heterocycles. The summed E-state index contributed by atoms with van der Waals surface area (Å²) in [6.07, 6.45) is 6.12. The first-order valence-electron chi connectivity index (χ1n) is 10.3. The van der Waals surface area contributed by atoms with Crippen LogP contribution in [0.3, 0.4) is 0 Å². The highest BCUT2D eigenvalue weighted by Crippen LogP contribution is 2.29. The van der Waals surface area contributed by atoms with Crippen molar-refractivity contribution in [3.63, 3.8) is 0 Å². The van der Waals surface area contributed by atoms with Crippen LogP contribution in [-0.2, 0) is 18.4 Å². The van der Waals surface area contributed by atoms with Crippen LogP contribution in [0.5, 0.6) is 0 Å². The van der Waals surface area contributed by atoms with Gasteiger partial charge in [0.05, 0.1) is 17.4 Å². The van der Waals surface area contributed by atoms with Gasteiger partial charge in [-0.15, -0.1) is 0 Å².